The lowest BCUT2D eigenvalue weighted by Crippen LogP contribution is -2.33. The monoisotopic (exact) mass is 481 g/mol. The lowest BCUT2D eigenvalue weighted by Gasteiger charge is -2.20. The molecule has 0 saturated heterocycles. The van der Waals surface area contributed by atoms with Gasteiger partial charge in [-0.2, -0.15) is 21.1 Å². The van der Waals surface area contributed by atoms with E-state index in [1.165, 1.54) is 59.1 Å². The number of aromatic nitrogens is 1. The molecule has 3 rings (SSSR count). The van der Waals surface area contributed by atoms with E-state index < -0.39 is 15.9 Å². The third-order valence-corrected chi connectivity index (χ3v) is 8.55. The maximum Gasteiger partial charge on any atom is 0.279 e. The van der Waals surface area contributed by atoms with Crippen LogP contribution in [0.3, 0.4) is 0 Å². The van der Waals surface area contributed by atoms with Gasteiger partial charge in [0.25, 0.3) is 5.91 Å². The van der Waals surface area contributed by atoms with Gasteiger partial charge in [-0.05, 0) is 62.6 Å². The Bertz CT molecular complexity index is 1260. The zero-order valence-electron chi connectivity index (χ0n) is 17.7. The quantitative estimate of drug-likeness (QED) is 0.512. The minimum absolute atomic E-state index is 0.118. The zero-order chi connectivity index (χ0) is 22.8. The van der Waals surface area contributed by atoms with Gasteiger partial charge in [-0.15, -0.1) is 0 Å². The van der Waals surface area contributed by atoms with E-state index in [9.17, 15) is 17.6 Å². The molecule has 31 heavy (non-hydrogen) atoms. The lowest BCUT2D eigenvalue weighted by molar-refractivity contribution is 0.0997. The summed E-state index contributed by atoms with van der Waals surface area (Å²) < 4.78 is 42.7. The Balaban J connectivity index is 1.98. The molecule has 0 spiro atoms. The first kappa shape index (κ1) is 23.6. The first-order chi connectivity index (χ1) is 14.6. The number of aryl methyl sites for hydroxylation is 1. The number of rotatable bonds is 7. The molecule has 6 nitrogen and oxygen atoms in total. The molecule has 3 aromatic rings. The van der Waals surface area contributed by atoms with Crippen molar-refractivity contribution in [2.45, 2.75) is 31.3 Å². The minimum Gasteiger partial charge on any atom is -0.316 e. The van der Waals surface area contributed by atoms with E-state index in [0.717, 1.165) is 11.3 Å². The smallest absolute Gasteiger partial charge is 0.279 e. The van der Waals surface area contributed by atoms with Crippen LogP contribution in [0.25, 0.3) is 10.2 Å². The predicted molar refractivity (Wildman–Crippen MR) is 125 cm³/mol. The van der Waals surface area contributed by atoms with Gasteiger partial charge in [0.2, 0.25) is 10.0 Å². The van der Waals surface area contributed by atoms with Crippen molar-refractivity contribution < 1.29 is 17.6 Å². The highest BCUT2D eigenvalue weighted by Gasteiger charge is 2.23. The minimum atomic E-state index is -3.63. The highest BCUT2D eigenvalue weighted by molar-refractivity contribution is 7.98. The second-order valence-electron chi connectivity index (χ2n) is 7.20. The molecule has 0 N–H and O–H groups in total. The Morgan fingerprint density at radius 2 is 1.90 bits per heavy atom. The van der Waals surface area contributed by atoms with Gasteiger partial charge < -0.3 is 4.57 Å². The Kier molecular flexibility index (Phi) is 7.35. The number of amides is 1. The molecule has 1 aromatic heterocycles. The van der Waals surface area contributed by atoms with Gasteiger partial charge in [0.1, 0.15) is 5.82 Å². The van der Waals surface area contributed by atoms with Gasteiger partial charge in [0, 0.05) is 31.0 Å². The number of hydrogen-bond acceptors (Lipinski definition) is 5. The van der Waals surface area contributed by atoms with Crippen molar-refractivity contribution >= 4 is 49.2 Å². The molecule has 0 atom stereocenters. The van der Waals surface area contributed by atoms with Crippen LogP contribution in [-0.2, 0) is 16.6 Å². The van der Waals surface area contributed by atoms with E-state index in [4.69, 9.17) is 0 Å². The molecule has 0 saturated carbocycles. The standard InChI is InChI=1S/C21H24FN3O3S3/c1-14(2)24(3)31(27,28)17-8-5-15(6-9-17)20(26)23-21-25(11-12-29-4)18-10-7-16(22)13-19(18)30-21/h5-10,13-14H,11-12H2,1-4H3. The van der Waals surface area contributed by atoms with Crippen molar-refractivity contribution in [2.24, 2.45) is 4.99 Å². The summed E-state index contributed by atoms with van der Waals surface area (Å²) in [5, 5.41) is 0. The van der Waals surface area contributed by atoms with Crippen molar-refractivity contribution in [1.82, 2.24) is 8.87 Å². The summed E-state index contributed by atoms with van der Waals surface area (Å²) in [7, 11) is -2.11. The topological polar surface area (TPSA) is 71.7 Å². The number of nitrogens with zero attached hydrogens (tertiary/aromatic N) is 3. The molecule has 0 unspecified atom stereocenters. The molecule has 10 heteroatoms. The molecule has 166 valence electrons. The Hall–Kier alpha value is -2.01. The van der Waals surface area contributed by atoms with Gasteiger partial charge in [-0.3, -0.25) is 4.79 Å². The van der Waals surface area contributed by atoms with Crippen LogP contribution in [0, 0.1) is 5.82 Å². The summed E-state index contributed by atoms with van der Waals surface area (Å²) in [6.07, 6.45) is 1.99. The van der Waals surface area contributed by atoms with Crippen LogP contribution in [0.5, 0.6) is 0 Å². The summed E-state index contributed by atoms with van der Waals surface area (Å²) in [6, 6.07) is 10.1. The summed E-state index contributed by atoms with van der Waals surface area (Å²) in [4.78, 5) is 17.6. The number of carbonyl (C=O) groups is 1. The fourth-order valence-corrected chi connectivity index (χ4v) is 5.71. The Labute approximate surface area is 189 Å². The van der Waals surface area contributed by atoms with E-state index in [1.54, 1.807) is 31.7 Å². The number of halogens is 1. The molecular weight excluding hydrogens is 457 g/mol. The van der Waals surface area contributed by atoms with Gasteiger partial charge in [-0.1, -0.05) is 11.3 Å². The number of carbonyl (C=O) groups excluding carboxylic acids is 1. The molecule has 0 aliphatic carbocycles. The average Bonchev–Trinajstić information content (AvgIpc) is 3.07. The molecule has 0 radical (unpaired) electrons. The number of thiazole rings is 1. The summed E-state index contributed by atoms with van der Waals surface area (Å²) in [5.74, 6) is -0.00144. The van der Waals surface area contributed by atoms with Crippen LogP contribution in [-0.4, -0.2) is 48.3 Å². The van der Waals surface area contributed by atoms with Crippen molar-refractivity contribution in [3.63, 3.8) is 0 Å². The maximum absolute atomic E-state index is 13.6. The van der Waals surface area contributed by atoms with Gasteiger partial charge >= 0.3 is 0 Å². The van der Waals surface area contributed by atoms with Crippen LogP contribution in [0.15, 0.2) is 52.4 Å². The van der Waals surface area contributed by atoms with Crippen LogP contribution in [0.4, 0.5) is 4.39 Å². The van der Waals surface area contributed by atoms with Crippen molar-refractivity contribution in [3.05, 3.63) is 58.6 Å². The summed E-state index contributed by atoms with van der Waals surface area (Å²) in [6.45, 7) is 4.21. The number of thioether (sulfide) groups is 1. The summed E-state index contributed by atoms with van der Waals surface area (Å²) in [5.41, 5.74) is 1.11. The molecule has 0 bridgehead atoms. The van der Waals surface area contributed by atoms with E-state index in [2.05, 4.69) is 4.99 Å². The molecule has 1 heterocycles. The summed E-state index contributed by atoms with van der Waals surface area (Å²) >= 11 is 2.92. The largest absolute Gasteiger partial charge is 0.316 e. The van der Waals surface area contributed by atoms with Crippen molar-refractivity contribution in [2.75, 3.05) is 19.1 Å². The first-order valence-electron chi connectivity index (χ1n) is 9.60. The first-order valence-corrected chi connectivity index (χ1v) is 13.2. The zero-order valence-corrected chi connectivity index (χ0v) is 20.2. The third kappa shape index (κ3) is 5.08. The molecule has 1 amide bonds. The molecule has 0 aliphatic rings. The number of fused-ring (bicyclic) bond motifs is 1. The average molecular weight is 482 g/mol. The van der Waals surface area contributed by atoms with Gasteiger partial charge in [0.15, 0.2) is 4.80 Å². The number of sulfonamides is 1. The Morgan fingerprint density at radius 3 is 2.52 bits per heavy atom. The highest BCUT2D eigenvalue weighted by atomic mass is 32.2. The van der Waals surface area contributed by atoms with E-state index in [1.807, 2.05) is 10.8 Å². The second-order valence-corrected chi connectivity index (χ2v) is 11.2. The van der Waals surface area contributed by atoms with Crippen molar-refractivity contribution in [3.8, 4) is 0 Å². The van der Waals surface area contributed by atoms with Crippen LogP contribution in [0.1, 0.15) is 24.2 Å². The van der Waals surface area contributed by atoms with Crippen LogP contribution < -0.4 is 4.80 Å². The third-order valence-electron chi connectivity index (χ3n) is 4.87. The highest BCUT2D eigenvalue weighted by Crippen LogP contribution is 2.20. The lowest BCUT2D eigenvalue weighted by atomic mass is 10.2. The second kappa shape index (κ2) is 9.64. The molecular formula is C21H24FN3O3S3. The molecule has 2 aromatic carbocycles. The van der Waals surface area contributed by atoms with Gasteiger partial charge in [0.05, 0.1) is 15.1 Å². The van der Waals surface area contributed by atoms with Crippen molar-refractivity contribution in [1.29, 1.82) is 0 Å². The number of benzene rings is 2. The Morgan fingerprint density at radius 1 is 1.23 bits per heavy atom. The van der Waals surface area contributed by atoms with Crippen LogP contribution >= 0.6 is 23.1 Å². The molecule has 0 fully saturated rings. The predicted octanol–water partition coefficient (Wildman–Crippen LogP) is 3.97. The fraction of sp³-hybridized carbons (Fsp3) is 0.333. The fourth-order valence-electron chi connectivity index (χ4n) is 2.90. The molecule has 0 aliphatic heterocycles. The van der Waals surface area contributed by atoms with Crippen LogP contribution in [0.2, 0.25) is 0 Å². The van der Waals surface area contributed by atoms with Gasteiger partial charge in [-0.25, -0.2) is 12.8 Å². The maximum atomic E-state index is 13.6. The van der Waals surface area contributed by atoms with E-state index >= 15 is 0 Å². The SMILES string of the molecule is CSCCn1c(=NC(=O)c2ccc(S(=O)(=O)N(C)C(C)C)cc2)sc2cc(F)ccc21. The van der Waals surface area contributed by atoms with E-state index in [-0.39, 0.29) is 22.3 Å². The van der Waals surface area contributed by atoms with E-state index in [0.29, 0.717) is 16.0 Å². The number of hydrogen-bond donors (Lipinski definition) is 0. The normalized spacial score (nSPS) is 12.9.